The van der Waals surface area contributed by atoms with Gasteiger partial charge in [-0.15, -0.1) is 0 Å². The standard InChI is InChI=1S/C26H22FN3O2.C25H19ClFN3O2.C25H18F3N3O2/c1-14(2)25-24(20-9-4-16(26(31)32)10-15(20)3)21-12-22-17(13-28-29-22)11-23(21)30(25)19-7-5-18(27)6-8-19;1-13(2)24-23(18-8-3-14(25(31)32)9-20(18)26)19-11-21-15(12-28-29-21)10-22(19)30(24)17-6-4-16(27)5-7-17;1-12(2)24-22(23-18(27)7-13(25(32)33)8-19(23)28)17-10-20-14(11-29-30-20)9-21(17)31(24)16-5-3-15(26)4-6-16/h4-14H,1-3H3,(H,28,29)(H,31,32);3-13H,1-2H3,(H,28,29)(H,31,32);3-12H,1-2H3,(H,29,30)(H,32,33). The fourth-order valence-corrected chi connectivity index (χ4v) is 13.4. The molecule has 0 aliphatic carbocycles. The maximum atomic E-state index is 15.3. The molecular weight excluding hydrogens is 1270 g/mol. The second-order valence-electron chi connectivity index (χ2n) is 24.6. The van der Waals surface area contributed by atoms with Crippen molar-refractivity contribution in [3.8, 4) is 50.4 Å². The molecule has 15 nitrogen and oxygen atoms in total. The van der Waals surface area contributed by atoms with E-state index < -0.39 is 40.9 Å². The van der Waals surface area contributed by atoms with E-state index in [2.05, 4.69) is 79.6 Å². The quantitative estimate of drug-likeness (QED) is 0.0641. The predicted molar refractivity (Wildman–Crippen MR) is 368 cm³/mol. The second-order valence-corrected chi connectivity index (χ2v) is 25.0. The van der Waals surface area contributed by atoms with Crippen LogP contribution in [0.3, 0.4) is 0 Å². The lowest BCUT2D eigenvalue weighted by molar-refractivity contribution is 0.0685. The third-order valence-electron chi connectivity index (χ3n) is 17.4. The van der Waals surface area contributed by atoms with Crippen LogP contribution < -0.4 is 0 Å². The first kappa shape index (κ1) is 64.1. The highest BCUT2D eigenvalue weighted by atomic mass is 35.5. The van der Waals surface area contributed by atoms with Crippen molar-refractivity contribution in [2.75, 3.05) is 0 Å². The molecular formula is C76H59ClF5N9O6. The number of hydrogen-bond acceptors (Lipinski definition) is 6. The van der Waals surface area contributed by atoms with Crippen LogP contribution in [0, 0.1) is 36.0 Å². The van der Waals surface area contributed by atoms with Gasteiger partial charge in [-0.3, -0.25) is 15.3 Å². The number of nitrogens with one attached hydrogen (secondary N) is 3. The Bertz CT molecular complexity index is 5390. The fourth-order valence-electron chi connectivity index (χ4n) is 13.2. The van der Waals surface area contributed by atoms with Gasteiger partial charge in [0.05, 0.1) is 73.9 Å². The number of aryl methyl sites for hydroxylation is 1. The summed E-state index contributed by atoms with van der Waals surface area (Å²) in [6.07, 6.45) is 5.20. The van der Waals surface area contributed by atoms with Crippen LogP contribution >= 0.6 is 11.6 Å². The molecule has 0 fully saturated rings. The van der Waals surface area contributed by atoms with Crippen LogP contribution in [0.25, 0.3) is 116 Å². The Morgan fingerprint density at radius 1 is 0.402 bits per heavy atom. The Balaban J connectivity index is 0.000000131. The van der Waals surface area contributed by atoms with Gasteiger partial charge in [0.25, 0.3) is 0 Å². The zero-order chi connectivity index (χ0) is 68.6. The third kappa shape index (κ3) is 11.6. The van der Waals surface area contributed by atoms with Crippen molar-refractivity contribution >= 4 is 94.9 Å². The normalized spacial score (nSPS) is 11.7. The molecule has 21 heteroatoms. The summed E-state index contributed by atoms with van der Waals surface area (Å²) in [7, 11) is 0. The van der Waals surface area contributed by atoms with Gasteiger partial charge in [0.1, 0.15) is 29.1 Å². The summed E-state index contributed by atoms with van der Waals surface area (Å²) in [6, 6.07) is 42.3. The van der Waals surface area contributed by atoms with Crippen LogP contribution in [0.1, 0.15) is 113 Å². The molecule has 15 rings (SSSR count). The lowest BCUT2D eigenvalue weighted by atomic mass is 9.92. The Morgan fingerprint density at radius 2 is 0.732 bits per heavy atom. The predicted octanol–water partition coefficient (Wildman–Crippen LogP) is 19.6. The molecule has 0 unspecified atom stereocenters. The van der Waals surface area contributed by atoms with Gasteiger partial charge < -0.3 is 29.0 Å². The first-order valence-electron chi connectivity index (χ1n) is 30.9. The van der Waals surface area contributed by atoms with E-state index in [1.165, 1.54) is 42.5 Å². The van der Waals surface area contributed by atoms with E-state index in [1.54, 1.807) is 85.3 Å². The van der Waals surface area contributed by atoms with Gasteiger partial charge in [-0.2, -0.15) is 15.3 Å². The molecule has 0 aliphatic rings. The summed E-state index contributed by atoms with van der Waals surface area (Å²) in [6.45, 7) is 14.2. The minimum atomic E-state index is -1.42. The monoisotopic (exact) mass is 1320 g/mol. The number of fused-ring (bicyclic) bond motifs is 6. The number of carbonyl (C=O) groups is 3. The van der Waals surface area contributed by atoms with Crippen LogP contribution in [0.4, 0.5) is 22.0 Å². The molecule has 0 saturated carbocycles. The van der Waals surface area contributed by atoms with E-state index in [1.807, 2.05) is 49.6 Å². The van der Waals surface area contributed by atoms with Crippen LogP contribution in [-0.4, -0.2) is 77.5 Å². The summed E-state index contributed by atoms with van der Waals surface area (Å²) in [5.74, 6) is -6.29. The van der Waals surface area contributed by atoms with Gasteiger partial charge in [-0.05, 0) is 181 Å². The maximum Gasteiger partial charge on any atom is 0.335 e. The number of carboxylic acids is 3. The Labute approximate surface area is 554 Å². The molecule has 0 spiro atoms. The van der Waals surface area contributed by atoms with Crippen molar-refractivity contribution in [3.05, 3.63) is 250 Å². The summed E-state index contributed by atoms with van der Waals surface area (Å²) in [4.78, 5) is 34.2. The zero-order valence-electron chi connectivity index (χ0n) is 53.0. The summed E-state index contributed by atoms with van der Waals surface area (Å²) in [5, 5.41) is 54.9. The molecule has 0 bridgehead atoms. The first-order chi connectivity index (χ1) is 46.4. The van der Waals surface area contributed by atoms with Crippen molar-refractivity contribution in [1.29, 1.82) is 0 Å². The van der Waals surface area contributed by atoms with Gasteiger partial charge in [0, 0.05) is 93.7 Å². The van der Waals surface area contributed by atoms with E-state index in [0.29, 0.717) is 38.4 Å². The Morgan fingerprint density at radius 3 is 1.07 bits per heavy atom. The van der Waals surface area contributed by atoms with Gasteiger partial charge >= 0.3 is 17.9 Å². The fraction of sp³-hybridized carbons (Fsp3) is 0.132. The number of nitrogens with zero attached hydrogens (tertiary/aromatic N) is 6. The second kappa shape index (κ2) is 25.3. The molecule has 0 saturated heterocycles. The van der Waals surface area contributed by atoms with E-state index in [0.717, 1.165) is 112 Å². The molecule has 486 valence electrons. The molecule has 6 heterocycles. The number of aromatic nitrogens is 9. The highest BCUT2D eigenvalue weighted by Gasteiger charge is 2.30. The molecule has 9 aromatic carbocycles. The van der Waals surface area contributed by atoms with Gasteiger partial charge in [0.2, 0.25) is 0 Å². The summed E-state index contributed by atoms with van der Waals surface area (Å²) < 4.78 is 77.7. The number of aromatic amines is 3. The highest BCUT2D eigenvalue weighted by Crippen LogP contribution is 2.48. The SMILES string of the molecule is CC(C)c1c(-c2c(F)cc(C(=O)O)cc2F)c2cc3[nH]ncc3cc2n1-c1ccc(F)cc1.CC(C)c1c(-c2ccc(C(=O)O)cc2Cl)c2cc3[nH]ncc3cc2n1-c1ccc(F)cc1.Cc1cc(C(=O)O)ccc1-c1c(C(C)C)n(-c2ccc(F)cc2)c2cc3cn[nH]c3cc12. The largest absolute Gasteiger partial charge is 0.478 e. The molecule has 6 aromatic heterocycles. The molecule has 0 aliphatic heterocycles. The first-order valence-corrected chi connectivity index (χ1v) is 31.3. The third-order valence-corrected chi connectivity index (χ3v) is 17.7. The number of halogens is 6. The molecule has 0 atom stereocenters. The van der Waals surface area contributed by atoms with Gasteiger partial charge in [0.15, 0.2) is 0 Å². The number of rotatable bonds is 12. The number of carboxylic acid groups (broad SMARTS) is 3. The van der Waals surface area contributed by atoms with Crippen LogP contribution in [0.15, 0.2) is 176 Å². The number of hydrogen-bond donors (Lipinski definition) is 6. The Hall–Kier alpha value is -11.6. The lowest BCUT2D eigenvalue weighted by Crippen LogP contribution is -2.05. The number of H-pyrrole nitrogens is 3. The molecule has 97 heavy (non-hydrogen) atoms. The lowest BCUT2D eigenvalue weighted by Gasteiger charge is -2.17. The maximum absolute atomic E-state index is 15.3. The van der Waals surface area contributed by atoms with Crippen LogP contribution in [-0.2, 0) is 0 Å². The van der Waals surface area contributed by atoms with Crippen LogP contribution in [0.2, 0.25) is 5.02 Å². The molecule has 15 aromatic rings. The van der Waals surface area contributed by atoms with Crippen molar-refractivity contribution < 1.29 is 51.7 Å². The van der Waals surface area contributed by atoms with Crippen LogP contribution in [0.5, 0.6) is 0 Å². The van der Waals surface area contributed by atoms with Gasteiger partial charge in [-0.25, -0.2) is 36.3 Å². The highest BCUT2D eigenvalue weighted by molar-refractivity contribution is 6.34. The van der Waals surface area contributed by atoms with Crippen molar-refractivity contribution in [3.63, 3.8) is 0 Å². The van der Waals surface area contributed by atoms with Crippen molar-refractivity contribution in [1.82, 2.24) is 44.3 Å². The average Bonchev–Trinajstić information content (AvgIpc) is 1.59. The van der Waals surface area contributed by atoms with Gasteiger partial charge in [-0.1, -0.05) is 65.3 Å². The van der Waals surface area contributed by atoms with E-state index in [-0.39, 0.29) is 46.1 Å². The van der Waals surface area contributed by atoms with E-state index >= 15 is 8.78 Å². The van der Waals surface area contributed by atoms with Crippen molar-refractivity contribution in [2.45, 2.75) is 66.2 Å². The minimum Gasteiger partial charge on any atom is -0.478 e. The molecule has 0 amide bonds. The average molecular weight is 1320 g/mol. The summed E-state index contributed by atoms with van der Waals surface area (Å²) in [5.41, 5.74) is 14.6. The smallest absolute Gasteiger partial charge is 0.335 e. The topological polar surface area (TPSA) is 213 Å². The molecule has 6 N–H and O–H groups in total. The number of aromatic carboxylic acids is 3. The van der Waals surface area contributed by atoms with E-state index in [9.17, 15) is 42.9 Å². The zero-order valence-corrected chi connectivity index (χ0v) is 53.7. The summed E-state index contributed by atoms with van der Waals surface area (Å²) >= 11 is 6.62. The Kier molecular flexibility index (Phi) is 16.7. The van der Waals surface area contributed by atoms with Crippen molar-refractivity contribution in [2.24, 2.45) is 0 Å². The van der Waals surface area contributed by atoms with E-state index in [4.69, 9.17) is 11.6 Å². The minimum absolute atomic E-state index is 0.0918. The number of benzene rings is 9. The molecule has 0 radical (unpaired) electrons.